The highest BCUT2D eigenvalue weighted by Crippen LogP contribution is 2.22. The van der Waals surface area contributed by atoms with Gasteiger partial charge in [0.2, 0.25) is 0 Å². The molecular weight excluding hydrogens is 258 g/mol. The Balaban J connectivity index is 2.05. The van der Waals surface area contributed by atoms with Gasteiger partial charge in [-0.3, -0.25) is 4.79 Å². The molecule has 0 aliphatic rings. The molecule has 0 spiro atoms. The number of anilines is 1. The van der Waals surface area contributed by atoms with Gasteiger partial charge in [-0.1, -0.05) is 48.0 Å². The molecule has 0 bridgehead atoms. The van der Waals surface area contributed by atoms with Gasteiger partial charge in [0.15, 0.2) is 5.78 Å². The van der Waals surface area contributed by atoms with Crippen LogP contribution in [0.5, 0.6) is 0 Å². The topological polar surface area (TPSA) is 29.1 Å². The molecule has 0 saturated carbocycles. The van der Waals surface area contributed by atoms with E-state index >= 15 is 0 Å². The molecular formula is C16H14ClNO. The highest BCUT2D eigenvalue weighted by molar-refractivity contribution is 6.31. The fourth-order valence-electron chi connectivity index (χ4n) is 1.67. The van der Waals surface area contributed by atoms with Crippen molar-refractivity contribution < 1.29 is 4.79 Å². The zero-order valence-corrected chi connectivity index (χ0v) is 11.3. The van der Waals surface area contributed by atoms with Gasteiger partial charge in [0, 0.05) is 28.5 Å². The number of carbonyl (C=O) groups is 1. The van der Waals surface area contributed by atoms with E-state index in [1.807, 2.05) is 43.3 Å². The number of allylic oxidation sites excluding steroid dienone is 1. The normalized spacial score (nSPS) is 10.6. The van der Waals surface area contributed by atoms with Crippen molar-refractivity contribution in [1.29, 1.82) is 0 Å². The lowest BCUT2D eigenvalue weighted by molar-refractivity contribution is 0.104. The van der Waals surface area contributed by atoms with Crippen molar-refractivity contribution in [1.82, 2.24) is 0 Å². The monoisotopic (exact) mass is 271 g/mol. The smallest absolute Gasteiger partial charge is 0.187 e. The van der Waals surface area contributed by atoms with E-state index < -0.39 is 0 Å². The minimum atomic E-state index is -0.0345. The van der Waals surface area contributed by atoms with Crippen LogP contribution in [0.4, 0.5) is 5.69 Å². The largest absolute Gasteiger partial charge is 0.361 e. The summed E-state index contributed by atoms with van der Waals surface area (Å²) in [5.74, 6) is -0.0345. The number of rotatable bonds is 4. The van der Waals surface area contributed by atoms with Gasteiger partial charge in [-0.15, -0.1) is 0 Å². The van der Waals surface area contributed by atoms with Gasteiger partial charge in [0.1, 0.15) is 0 Å². The molecule has 2 aromatic carbocycles. The molecule has 2 rings (SSSR count). The molecule has 0 saturated heterocycles. The summed E-state index contributed by atoms with van der Waals surface area (Å²) in [6, 6.07) is 14.8. The highest BCUT2D eigenvalue weighted by Gasteiger charge is 2.01. The summed E-state index contributed by atoms with van der Waals surface area (Å²) in [6.45, 7) is 1.93. The first-order chi connectivity index (χ1) is 9.18. The lowest BCUT2D eigenvalue weighted by Gasteiger charge is -2.06. The summed E-state index contributed by atoms with van der Waals surface area (Å²) in [7, 11) is 0. The first kappa shape index (κ1) is 13.4. The van der Waals surface area contributed by atoms with E-state index in [2.05, 4.69) is 5.32 Å². The molecule has 0 radical (unpaired) electrons. The average Bonchev–Trinajstić information content (AvgIpc) is 2.44. The van der Waals surface area contributed by atoms with E-state index in [9.17, 15) is 4.79 Å². The van der Waals surface area contributed by atoms with E-state index in [1.165, 1.54) is 6.08 Å². The minimum Gasteiger partial charge on any atom is -0.361 e. The number of hydrogen-bond acceptors (Lipinski definition) is 2. The van der Waals surface area contributed by atoms with Gasteiger partial charge in [0.05, 0.1) is 0 Å². The van der Waals surface area contributed by atoms with Gasteiger partial charge in [-0.05, 0) is 24.6 Å². The second-order valence-electron chi connectivity index (χ2n) is 4.12. The third-order valence-corrected chi connectivity index (χ3v) is 3.21. The molecule has 0 aliphatic heterocycles. The van der Waals surface area contributed by atoms with Crippen LogP contribution in [0.25, 0.3) is 0 Å². The quantitative estimate of drug-likeness (QED) is 0.657. The zero-order valence-electron chi connectivity index (χ0n) is 10.6. The van der Waals surface area contributed by atoms with Gasteiger partial charge >= 0.3 is 0 Å². The fraction of sp³-hybridized carbons (Fsp3) is 0.0625. The molecule has 0 fully saturated rings. The Bertz CT molecular complexity index is 605. The van der Waals surface area contributed by atoms with E-state index in [4.69, 9.17) is 11.6 Å². The van der Waals surface area contributed by atoms with Crippen LogP contribution in [0.2, 0.25) is 5.02 Å². The first-order valence-electron chi connectivity index (χ1n) is 5.96. The van der Waals surface area contributed by atoms with E-state index in [-0.39, 0.29) is 5.78 Å². The van der Waals surface area contributed by atoms with Crippen LogP contribution in [0.1, 0.15) is 15.9 Å². The van der Waals surface area contributed by atoms with Crippen LogP contribution < -0.4 is 5.32 Å². The number of ketones is 1. The molecule has 1 N–H and O–H groups in total. The Hall–Kier alpha value is -2.06. The Morgan fingerprint density at radius 2 is 1.84 bits per heavy atom. The van der Waals surface area contributed by atoms with Crippen LogP contribution in [0, 0.1) is 6.92 Å². The Labute approximate surface area is 117 Å². The second kappa shape index (κ2) is 6.21. The lowest BCUT2D eigenvalue weighted by Crippen LogP contribution is -1.96. The average molecular weight is 272 g/mol. The van der Waals surface area contributed by atoms with Crippen molar-refractivity contribution in [3.63, 3.8) is 0 Å². The Morgan fingerprint density at radius 3 is 2.58 bits per heavy atom. The van der Waals surface area contributed by atoms with Crippen molar-refractivity contribution in [2.75, 3.05) is 5.32 Å². The van der Waals surface area contributed by atoms with Crippen LogP contribution in [-0.2, 0) is 0 Å². The number of halogens is 1. The summed E-state index contributed by atoms with van der Waals surface area (Å²) in [4.78, 5) is 11.8. The van der Waals surface area contributed by atoms with Gasteiger partial charge in [-0.25, -0.2) is 0 Å². The number of nitrogens with one attached hydrogen (secondary N) is 1. The Kier molecular flexibility index (Phi) is 4.37. The van der Waals surface area contributed by atoms with Crippen LogP contribution >= 0.6 is 11.6 Å². The molecule has 96 valence electrons. The number of hydrogen-bond donors (Lipinski definition) is 1. The van der Waals surface area contributed by atoms with Crippen molar-refractivity contribution in [3.8, 4) is 0 Å². The van der Waals surface area contributed by atoms with Crippen molar-refractivity contribution in [3.05, 3.63) is 77.0 Å². The van der Waals surface area contributed by atoms with Crippen LogP contribution in [0.15, 0.2) is 60.8 Å². The summed E-state index contributed by atoms with van der Waals surface area (Å²) in [5.41, 5.74) is 2.52. The van der Waals surface area contributed by atoms with E-state index in [0.29, 0.717) is 10.6 Å². The maximum atomic E-state index is 11.8. The molecule has 19 heavy (non-hydrogen) atoms. The minimum absolute atomic E-state index is 0.0345. The lowest BCUT2D eigenvalue weighted by atomic mass is 10.1. The molecule has 0 atom stereocenters. The third kappa shape index (κ3) is 3.46. The SMILES string of the molecule is Cc1c(Cl)cccc1N/C=C/C(=O)c1ccccc1. The third-order valence-electron chi connectivity index (χ3n) is 2.80. The first-order valence-corrected chi connectivity index (χ1v) is 6.34. The standard InChI is InChI=1S/C16H14ClNO/c1-12-14(17)8-5-9-15(12)18-11-10-16(19)13-6-3-2-4-7-13/h2-11,18H,1H3/b11-10+. The zero-order chi connectivity index (χ0) is 13.7. The maximum Gasteiger partial charge on any atom is 0.187 e. The van der Waals surface area contributed by atoms with Crippen LogP contribution in [0.3, 0.4) is 0 Å². The molecule has 0 unspecified atom stereocenters. The second-order valence-corrected chi connectivity index (χ2v) is 4.53. The van der Waals surface area contributed by atoms with Gasteiger partial charge in [0.25, 0.3) is 0 Å². The molecule has 0 aromatic heterocycles. The molecule has 2 aromatic rings. The van der Waals surface area contributed by atoms with Crippen LogP contribution in [-0.4, -0.2) is 5.78 Å². The molecule has 0 aliphatic carbocycles. The van der Waals surface area contributed by atoms with Crippen molar-refractivity contribution in [2.45, 2.75) is 6.92 Å². The number of benzene rings is 2. The maximum absolute atomic E-state index is 11.8. The number of carbonyl (C=O) groups excluding carboxylic acids is 1. The molecule has 2 nitrogen and oxygen atoms in total. The fourth-order valence-corrected chi connectivity index (χ4v) is 1.84. The molecule has 0 amide bonds. The van der Waals surface area contributed by atoms with Crippen molar-refractivity contribution >= 4 is 23.1 Å². The highest BCUT2D eigenvalue weighted by atomic mass is 35.5. The van der Waals surface area contributed by atoms with Gasteiger partial charge in [-0.2, -0.15) is 0 Å². The van der Waals surface area contributed by atoms with Crippen molar-refractivity contribution in [2.24, 2.45) is 0 Å². The van der Waals surface area contributed by atoms with E-state index in [1.54, 1.807) is 18.3 Å². The predicted octanol–water partition coefficient (Wildman–Crippen LogP) is 4.46. The summed E-state index contributed by atoms with van der Waals surface area (Å²) in [5, 5.41) is 3.77. The Morgan fingerprint density at radius 1 is 1.11 bits per heavy atom. The summed E-state index contributed by atoms with van der Waals surface area (Å²) in [6.07, 6.45) is 3.14. The summed E-state index contributed by atoms with van der Waals surface area (Å²) < 4.78 is 0. The van der Waals surface area contributed by atoms with E-state index in [0.717, 1.165) is 11.3 Å². The predicted molar refractivity (Wildman–Crippen MR) is 79.7 cm³/mol. The summed E-state index contributed by atoms with van der Waals surface area (Å²) >= 11 is 6.02. The molecule has 3 heteroatoms. The molecule has 0 heterocycles. The van der Waals surface area contributed by atoms with Gasteiger partial charge < -0.3 is 5.32 Å².